The van der Waals surface area contributed by atoms with Crippen LogP contribution in [0.25, 0.3) is 0 Å². The smallest absolute Gasteiger partial charge is 0.257 e. The van der Waals surface area contributed by atoms with Gasteiger partial charge in [0.15, 0.2) is 5.82 Å². The van der Waals surface area contributed by atoms with Gasteiger partial charge in [-0.15, -0.1) is 0 Å². The Hall–Kier alpha value is -1.34. The molecule has 0 fully saturated rings. The van der Waals surface area contributed by atoms with E-state index in [1.807, 2.05) is 0 Å². The number of hydrogen-bond donors (Lipinski definition) is 3. The van der Waals surface area contributed by atoms with E-state index in [2.05, 4.69) is 21.9 Å². The first kappa shape index (κ1) is 14.7. The Morgan fingerprint density at radius 2 is 2.28 bits per heavy atom. The second kappa shape index (κ2) is 7.88. The molecule has 0 saturated heterocycles. The minimum atomic E-state index is -0.217. The fourth-order valence-electron chi connectivity index (χ4n) is 1.39. The molecule has 0 saturated carbocycles. The lowest BCUT2D eigenvalue weighted by Crippen LogP contribution is -2.20. The van der Waals surface area contributed by atoms with E-state index >= 15 is 0 Å². The average molecular weight is 272 g/mol. The Morgan fingerprint density at radius 3 is 2.94 bits per heavy atom. The summed E-state index contributed by atoms with van der Waals surface area (Å²) in [6.45, 7) is 4.31. The molecule has 0 unspecified atom stereocenters. The molecule has 6 nitrogen and oxygen atoms in total. The summed E-state index contributed by atoms with van der Waals surface area (Å²) in [6, 6.07) is 0. The molecular weight excluding hydrogens is 252 g/mol. The molecule has 1 aromatic rings. The number of aromatic nitrogens is 1. The maximum atomic E-state index is 11.6. The highest BCUT2D eigenvalue weighted by Gasteiger charge is 2.17. The minimum absolute atomic E-state index is 0.217. The number of ether oxygens (including phenoxy) is 1. The van der Waals surface area contributed by atoms with Gasteiger partial charge in [0.2, 0.25) is 0 Å². The lowest BCUT2D eigenvalue weighted by Gasteiger charge is -2.06. The summed E-state index contributed by atoms with van der Waals surface area (Å²) in [5.41, 5.74) is 6.09. The van der Waals surface area contributed by atoms with E-state index in [0.717, 1.165) is 26.0 Å². The van der Waals surface area contributed by atoms with E-state index in [0.29, 0.717) is 17.2 Å². The van der Waals surface area contributed by atoms with Gasteiger partial charge in [0.1, 0.15) is 10.6 Å². The Morgan fingerprint density at radius 1 is 1.50 bits per heavy atom. The van der Waals surface area contributed by atoms with Crippen LogP contribution in [0, 0.1) is 0 Å². The molecule has 102 valence electrons. The third-order valence-electron chi connectivity index (χ3n) is 2.27. The van der Waals surface area contributed by atoms with Crippen LogP contribution in [0.4, 0.5) is 10.8 Å². The molecular formula is C11H20N4O2S. The second-order valence-corrected chi connectivity index (χ2v) is 4.52. The number of nitrogen functional groups attached to an aromatic ring is 1. The third kappa shape index (κ3) is 4.15. The van der Waals surface area contributed by atoms with Gasteiger partial charge in [-0.05, 0) is 24.4 Å². The monoisotopic (exact) mass is 272 g/mol. The standard InChI is InChI=1S/C11H20N4O2S/c1-3-6-17-7-4-5-14-11-8(10(16)13-2)9(12)15-18-11/h14H,3-7H2,1-2H3,(H2,12,15)(H,13,16). The molecule has 0 aliphatic carbocycles. The summed E-state index contributed by atoms with van der Waals surface area (Å²) in [4.78, 5) is 11.6. The van der Waals surface area contributed by atoms with E-state index < -0.39 is 0 Å². The predicted octanol–water partition coefficient (Wildman–Crippen LogP) is 1.31. The van der Waals surface area contributed by atoms with E-state index in [4.69, 9.17) is 10.5 Å². The fraction of sp³-hybridized carbons (Fsp3) is 0.636. The van der Waals surface area contributed by atoms with Crippen molar-refractivity contribution in [1.29, 1.82) is 0 Å². The van der Waals surface area contributed by atoms with Gasteiger partial charge in [0, 0.05) is 26.8 Å². The van der Waals surface area contributed by atoms with Gasteiger partial charge in [-0.3, -0.25) is 4.79 Å². The molecule has 0 aliphatic rings. The molecule has 0 spiro atoms. The molecule has 0 radical (unpaired) electrons. The third-order valence-corrected chi connectivity index (χ3v) is 3.09. The fourth-order valence-corrected chi connectivity index (χ4v) is 2.13. The van der Waals surface area contributed by atoms with Crippen LogP contribution < -0.4 is 16.4 Å². The van der Waals surface area contributed by atoms with Crippen molar-refractivity contribution in [3.63, 3.8) is 0 Å². The summed E-state index contributed by atoms with van der Waals surface area (Å²) in [5, 5.41) is 6.42. The first-order valence-corrected chi connectivity index (χ1v) is 6.76. The number of nitrogens with one attached hydrogen (secondary N) is 2. The van der Waals surface area contributed by atoms with Crippen LogP contribution in [-0.4, -0.2) is 37.1 Å². The van der Waals surface area contributed by atoms with Crippen LogP contribution in [0.5, 0.6) is 0 Å². The molecule has 18 heavy (non-hydrogen) atoms. The molecule has 1 aromatic heterocycles. The van der Waals surface area contributed by atoms with Crippen molar-refractivity contribution < 1.29 is 9.53 Å². The van der Waals surface area contributed by atoms with Crippen molar-refractivity contribution in [2.24, 2.45) is 0 Å². The highest BCUT2D eigenvalue weighted by Crippen LogP contribution is 2.26. The van der Waals surface area contributed by atoms with Crippen LogP contribution in [0.2, 0.25) is 0 Å². The molecule has 0 atom stereocenters. The van der Waals surface area contributed by atoms with Crippen molar-refractivity contribution >= 4 is 28.3 Å². The molecule has 4 N–H and O–H groups in total. The zero-order chi connectivity index (χ0) is 13.4. The second-order valence-electron chi connectivity index (χ2n) is 3.74. The summed E-state index contributed by atoms with van der Waals surface area (Å²) in [5.74, 6) is 0.0510. The molecule has 1 rings (SSSR count). The van der Waals surface area contributed by atoms with Crippen LogP contribution in [0.3, 0.4) is 0 Å². The van der Waals surface area contributed by atoms with Gasteiger partial charge in [-0.1, -0.05) is 6.92 Å². The lowest BCUT2D eigenvalue weighted by molar-refractivity contribution is 0.0965. The Kier molecular flexibility index (Phi) is 6.45. The Bertz CT molecular complexity index is 381. The van der Waals surface area contributed by atoms with Gasteiger partial charge >= 0.3 is 0 Å². The molecule has 1 heterocycles. The normalized spacial score (nSPS) is 10.3. The summed E-state index contributed by atoms with van der Waals surface area (Å²) in [6.07, 6.45) is 1.91. The van der Waals surface area contributed by atoms with E-state index in [9.17, 15) is 4.79 Å². The average Bonchev–Trinajstić information content (AvgIpc) is 2.74. The van der Waals surface area contributed by atoms with Crippen molar-refractivity contribution in [1.82, 2.24) is 9.69 Å². The maximum Gasteiger partial charge on any atom is 0.257 e. The number of carbonyl (C=O) groups is 1. The van der Waals surface area contributed by atoms with Crippen molar-refractivity contribution in [2.45, 2.75) is 19.8 Å². The van der Waals surface area contributed by atoms with Crippen LogP contribution >= 0.6 is 11.5 Å². The number of amides is 1. The summed E-state index contributed by atoms with van der Waals surface area (Å²) in [7, 11) is 1.57. The van der Waals surface area contributed by atoms with Gasteiger partial charge in [0.05, 0.1) is 0 Å². The minimum Gasteiger partial charge on any atom is -0.382 e. The number of nitrogens with two attached hydrogens (primary N) is 1. The topological polar surface area (TPSA) is 89.3 Å². The first-order chi connectivity index (χ1) is 8.70. The predicted molar refractivity (Wildman–Crippen MR) is 74.1 cm³/mol. The Labute approximate surface area is 111 Å². The van der Waals surface area contributed by atoms with Gasteiger partial charge in [-0.25, -0.2) is 0 Å². The van der Waals surface area contributed by atoms with E-state index in [1.165, 1.54) is 11.5 Å². The molecule has 0 bridgehead atoms. The maximum absolute atomic E-state index is 11.6. The van der Waals surface area contributed by atoms with Crippen LogP contribution in [0.15, 0.2) is 0 Å². The van der Waals surface area contributed by atoms with Gasteiger partial charge < -0.3 is 21.1 Å². The van der Waals surface area contributed by atoms with E-state index in [1.54, 1.807) is 7.05 Å². The van der Waals surface area contributed by atoms with Crippen molar-refractivity contribution in [2.75, 3.05) is 37.9 Å². The number of hydrogen-bond acceptors (Lipinski definition) is 6. The van der Waals surface area contributed by atoms with Gasteiger partial charge in [-0.2, -0.15) is 4.37 Å². The first-order valence-electron chi connectivity index (χ1n) is 5.99. The number of nitrogens with zero attached hydrogens (tertiary/aromatic N) is 1. The quantitative estimate of drug-likeness (QED) is 0.621. The number of carbonyl (C=O) groups excluding carboxylic acids is 1. The summed E-state index contributed by atoms with van der Waals surface area (Å²) >= 11 is 1.20. The SMILES string of the molecule is CCCOCCCNc1snc(N)c1C(=O)NC. The van der Waals surface area contributed by atoms with Gasteiger partial charge in [0.25, 0.3) is 5.91 Å². The van der Waals surface area contributed by atoms with Crippen LogP contribution in [0.1, 0.15) is 30.1 Å². The molecule has 1 amide bonds. The molecule has 0 aliphatic heterocycles. The van der Waals surface area contributed by atoms with Crippen molar-refractivity contribution in [3.8, 4) is 0 Å². The van der Waals surface area contributed by atoms with E-state index in [-0.39, 0.29) is 11.7 Å². The highest BCUT2D eigenvalue weighted by atomic mass is 32.1. The van der Waals surface area contributed by atoms with Crippen molar-refractivity contribution in [3.05, 3.63) is 5.56 Å². The lowest BCUT2D eigenvalue weighted by atomic mass is 10.3. The summed E-state index contributed by atoms with van der Waals surface area (Å²) < 4.78 is 9.35. The largest absolute Gasteiger partial charge is 0.382 e. The molecule has 0 aromatic carbocycles. The number of rotatable bonds is 8. The number of anilines is 2. The molecule has 7 heteroatoms. The zero-order valence-corrected chi connectivity index (χ0v) is 11.6. The highest BCUT2D eigenvalue weighted by molar-refractivity contribution is 7.11. The zero-order valence-electron chi connectivity index (χ0n) is 10.8. The van der Waals surface area contributed by atoms with Crippen LogP contribution in [-0.2, 0) is 4.74 Å². The Balaban J connectivity index is 2.40.